The largest absolute Gasteiger partial charge is 0.389 e. The molecule has 5 nitrogen and oxygen atoms in total. The number of hydrogen-bond donors (Lipinski definition) is 2. The summed E-state index contributed by atoms with van der Waals surface area (Å²) in [5.74, 6) is 0.138. The average molecular weight is 331 g/mol. The number of rotatable bonds is 6. The standard InChI is InChI=1S/C13H19BrN2O3/c1-9(2)13(3,17)8-15-7-10-4-5-11(14)12(6-10)16(18)19/h4-6,9,15,17H,7-8H2,1-3H3. The molecule has 6 heteroatoms. The Bertz CT molecular complexity index is 461. The van der Waals surface area contributed by atoms with Gasteiger partial charge in [-0.3, -0.25) is 10.1 Å². The summed E-state index contributed by atoms with van der Waals surface area (Å²) in [6, 6.07) is 5.01. The van der Waals surface area contributed by atoms with E-state index in [4.69, 9.17) is 0 Å². The second-order valence-corrected chi connectivity index (χ2v) is 6.01. The molecule has 0 saturated heterocycles. The topological polar surface area (TPSA) is 75.4 Å². The van der Waals surface area contributed by atoms with E-state index in [1.54, 1.807) is 13.0 Å². The van der Waals surface area contributed by atoms with Gasteiger partial charge in [-0.05, 0) is 40.4 Å². The Labute approximate surface area is 121 Å². The molecule has 2 N–H and O–H groups in total. The van der Waals surface area contributed by atoms with Gasteiger partial charge in [-0.15, -0.1) is 0 Å². The zero-order valence-electron chi connectivity index (χ0n) is 11.3. The number of halogens is 1. The molecule has 1 rings (SSSR count). The van der Waals surface area contributed by atoms with Gasteiger partial charge < -0.3 is 10.4 Å². The van der Waals surface area contributed by atoms with Crippen LogP contribution in [0.2, 0.25) is 0 Å². The van der Waals surface area contributed by atoms with Crippen LogP contribution in [0.4, 0.5) is 5.69 Å². The van der Waals surface area contributed by atoms with Gasteiger partial charge in [-0.2, -0.15) is 0 Å². The van der Waals surface area contributed by atoms with E-state index in [-0.39, 0.29) is 11.6 Å². The molecule has 0 aliphatic carbocycles. The molecule has 0 fully saturated rings. The maximum Gasteiger partial charge on any atom is 0.283 e. The fourth-order valence-corrected chi connectivity index (χ4v) is 1.86. The molecule has 0 amide bonds. The molecule has 19 heavy (non-hydrogen) atoms. The van der Waals surface area contributed by atoms with Crippen LogP contribution < -0.4 is 5.32 Å². The van der Waals surface area contributed by atoms with Crippen molar-refractivity contribution in [2.45, 2.75) is 32.9 Å². The Morgan fingerprint density at radius 2 is 2.16 bits per heavy atom. The first-order chi connectivity index (χ1) is 8.74. The summed E-state index contributed by atoms with van der Waals surface area (Å²) in [6.45, 7) is 6.60. The lowest BCUT2D eigenvalue weighted by Gasteiger charge is -2.28. The lowest BCUT2D eigenvalue weighted by Crippen LogP contribution is -2.41. The van der Waals surface area contributed by atoms with Crippen LogP contribution in [0.25, 0.3) is 0 Å². The van der Waals surface area contributed by atoms with E-state index in [9.17, 15) is 15.2 Å². The minimum atomic E-state index is -0.790. The van der Waals surface area contributed by atoms with Crippen molar-refractivity contribution in [2.75, 3.05) is 6.54 Å². The molecule has 0 aromatic heterocycles. The number of benzene rings is 1. The van der Waals surface area contributed by atoms with Gasteiger partial charge in [-0.25, -0.2) is 0 Å². The predicted molar refractivity (Wildman–Crippen MR) is 78.0 cm³/mol. The molecular weight excluding hydrogens is 312 g/mol. The van der Waals surface area contributed by atoms with Gasteiger partial charge in [0, 0.05) is 19.2 Å². The maximum atomic E-state index is 10.8. The van der Waals surface area contributed by atoms with Crippen molar-refractivity contribution in [2.24, 2.45) is 5.92 Å². The van der Waals surface area contributed by atoms with Gasteiger partial charge in [0.15, 0.2) is 0 Å². The van der Waals surface area contributed by atoms with Crippen molar-refractivity contribution >= 4 is 21.6 Å². The first kappa shape index (κ1) is 16.1. The highest BCUT2D eigenvalue weighted by Crippen LogP contribution is 2.25. The van der Waals surface area contributed by atoms with E-state index in [1.807, 2.05) is 19.9 Å². The van der Waals surface area contributed by atoms with Gasteiger partial charge in [0.2, 0.25) is 0 Å². The van der Waals surface area contributed by atoms with Crippen LogP contribution in [0.15, 0.2) is 22.7 Å². The van der Waals surface area contributed by atoms with Crippen molar-refractivity contribution in [3.63, 3.8) is 0 Å². The Morgan fingerprint density at radius 3 is 2.68 bits per heavy atom. The van der Waals surface area contributed by atoms with Crippen LogP contribution in [-0.4, -0.2) is 22.2 Å². The van der Waals surface area contributed by atoms with Crippen LogP contribution in [-0.2, 0) is 6.54 Å². The Morgan fingerprint density at radius 1 is 1.53 bits per heavy atom. The van der Waals surface area contributed by atoms with Gasteiger partial charge >= 0.3 is 0 Å². The Kier molecular flexibility index (Phi) is 5.46. The molecule has 0 saturated carbocycles. The molecular formula is C13H19BrN2O3. The van der Waals surface area contributed by atoms with Gasteiger partial charge in [-0.1, -0.05) is 19.9 Å². The fraction of sp³-hybridized carbons (Fsp3) is 0.538. The highest BCUT2D eigenvalue weighted by molar-refractivity contribution is 9.10. The van der Waals surface area contributed by atoms with Crippen LogP contribution in [0.5, 0.6) is 0 Å². The molecule has 1 atom stereocenters. The fourth-order valence-electron chi connectivity index (χ4n) is 1.47. The number of hydrogen-bond acceptors (Lipinski definition) is 4. The van der Waals surface area contributed by atoms with Crippen molar-refractivity contribution in [3.05, 3.63) is 38.3 Å². The summed E-state index contributed by atoms with van der Waals surface area (Å²) in [6.07, 6.45) is 0. The molecule has 0 radical (unpaired) electrons. The summed E-state index contributed by atoms with van der Waals surface area (Å²) < 4.78 is 0.468. The minimum absolute atomic E-state index is 0.0509. The van der Waals surface area contributed by atoms with Crippen LogP contribution in [0.3, 0.4) is 0 Å². The Hall–Kier alpha value is -0.980. The first-order valence-corrected chi connectivity index (χ1v) is 6.89. The van der Waals surface area contributed by atoms with E-state index in [0.717, 1.165) is 5.56 Å². The average Bonchev–Trinajstić information content (AvgIpc) is 2.30. The summed E-state index contributed by atoms with van der Waals surface area (Å²) in [4.78, 5) is 10.4. The number of aliphatic hydroxyl groups is 1. The van der Waals surface area contributed by atoms with E-state index in [1.165, 1.54) is 6.07 Å². The summed E-state index contributed by atoms with van der Waals surface area (Å²) in [7, 11) is 0. The maximum absolute atomic E-state index is 10.8. The molecule has 0 aliphatic heterocycles. The third-order valence-corrected chi connectivity index (χ3v) is 3.93. The number of nitrogens with one attached hydrogen (secondary N) is 1. The molecule has 0 heterocycles. The molecule has 0 bridgehead atoms. The van der Waals surface area contributed by atoms with E-state index < -0.39 is 10.5 Å². The van der Waals surface area contributed by atoms with E-state index in [2.05, 4.69) is 21.2 Å². The zero-order valence-corrected chi connectivity index (χ0v) is 12.9. The minimum Gasteiger partial charge on any atom is -0.389 e. The molecule has 0 aliphatic rings. The van der Waals surface area contributed by atoms with Crippen molar-refractivity contribution < 1.29 is 10.0 Å². The van der Waals surface area contributed by atoms with Crippen LogP contribution in [0.1, 0.15) is 26.3 Å². The van der Waals surface area contributed by atoms with Gasteiger partial charge in [0.1, 0.15) is 0 Å². The highest BCUT2D eigenvalue weighted by atomic mass is 79.9. The highest BCUT2D eigenvalue weighted by Gasteiger charge is 2.24. The third-order valence-electron chi connectivity index (χ3n) is 3.26. The van der Waals surface area contributed by atoms with Crippen molar-refractivity contribution in [1.82, 2.24) is 5.32 Å². The van der Waals surface area contributed by atoms with E-state index >= 15 is 0 Å². The molecule has 106 valence electrons. The molecule has 1 aromatic rings. The second kappa shape index (κ2) is 6.45. The number of nitro benzene ring substituents is 1. The van der Waals surface area contributed by atoms with Crippen molar-refractivity contribution in [1.29, 1.82) is 0 Å². The first-order valence-electron chi connectivity index (χ1n) is 6.10. The SMILES string of the molecule is CC(C)C(C)(O)CNCc1ccc(Br)c([N+](=O)[O-])c1. The zero-order chi connectivity index (χ0) is 14.6. The smallest absolute Gasteiger partial charge is 0.283 e. The lowest BCUT2D eigenvalue weighted by molar-refractivity contribution is -0.385. The Balaban J connectivity index is 2.64. The van der Waals surface area contributed by atoms with Crippen molar-refractivity contribution in [3.8, 4) is 0 Å². The van der Waals surface area contributed by atoms with Crippen LogP contribution in [0, 0.1) is 16.0 Å². The quantitative estimate of drug-likeness (QED) is 0.621. The molecule has 0 spiro atoms. The summed E-state index contributed by atoms with van der Waals surface area (Å²) >= 11 is 3.15. The van der Waals surface area contributed by atoms with Crippen LogP contribution >= 0.6 is 15.9 Å². The number of nitro groups is 1. The van der Waals surface area contributed by atoms with Gasteiger partial charge in [0.05, 0.1) is 15.0 Å². The third kappa shape index (κ3) is 4.56. The molecule has 1 aromatic carbocycles. The number of nitrogens with zero attached hydrogens (tertiary/aromatic N) is 1. The molecule has 1 unspecified atom stereocenters. The van der Waals surface area contributed by atoms with Gasteiger partial charge in [0.25, 0.3) is 5.69 Å². The summed E-state index contributed by atoms with van der Waals surface area (Å²) in [5.41, 5.74) is 0.0748. The predicted octanol–water partition coefficient (Wildman–Crippen LogP) is 2.85. The summed E-state index contributed by atoms with van der Waals surface area (Å²) in [5, 5.41) is 24.0. The monoisotopic (exact) mass is 330 g/mol. The normalized spacial score (nSPS) is 14.4. The lowest BCUT2D eigenvalue weighted by atomic mass is 9.92. The van der Waals surface area contributed by atoms with E-state index in [0.29, 0.717) is 17.6 Å². The second-order valence-electron chi connectivity index (χ2n) is 5.16.